The zero-order chi connectivity index (χ0) is 9.49. The monoisotopic (exact) mass is 301 g/mol. The van der Waals surface area contributed by atoms with Crippen LogP contribution in [0.4, 0.5) is 0 Å². The van der Waals surface area contributed by atoms with Gasteiger partial charge in [0, 0.05) is 5.75 Å². The Morgan fingerprint density at radius 3 is 1.73 bits per heavy atom. The molecule has 73 valence electrons. The third-order valence-electron chi connectivity index (χ3n) is 0.311. The molecule has 0 rings (SSSR count). The molecule has 0 fully saturated rings. The Morgan fingerprint density at radius 2 is 1.73 bits per heavy atom. The molecule has 0 aromatic carbocycles. The summed E-state index contributed by atoms with van der Waals surface area (Å²) in [7, 11) is 17.2. The molecule has 0 spiro atoms. The van der Waals surface area contributed by atoms with Crippen molar-refractivity contribution in [1.29, 1.82) is 0 Å². The van der Waals surface area contributed by atoms with E-state index < -0.39 is 9.20 Å². The van der Waals surface area contributed by atoms with Crippen LogP contribution in [0.15, 0.2) is 0 Å². The number of nitrogens with two attached hydrogens (primary N) is 2. The van der Waals surface area contributed by atoms with Crippen LogP contribution in [-0.2, 0) is 9.20 Å². The van der Waals surface area contributed by atoms with Crippen molar-refractivity contribution in [3.05, 3.63) is 0 Å². The van der Waals surface area contributed by atoms with Crippen LogP contribution in [0.5, 0.6) is 0 Å². The maximum atomic E-state index is 5.06. The summed E-state index contributed by atoms with van der Waals surface area (Å²) in [4.78, 5) is 0. The van der Waals surface area contributed by atoms with Gasteiger partial charge in [-0.1, -0.05) is 6.92 Å². The van der Waals surface area contributed by atoms with E-state index in [-0.39, 0.29) is 0 Å². The fraction of sp³-hybridized carbons (Fsp3) is 0.667. The molecule has 0 radical (unpaired) electrons. The maximum absolute atomic E-state index is 5.06. The molecule has 0 aromatic rings. The first-order valence-corrected chi connectivity index (χ1v) is 9.37. The number of amidine groups is 1. The quantitative estimate of drug-likeness (QED) is 0.439. The molecule has 0 unspecified atom stereocenters. The standard InChI is InChI=1S/C3H8N2S.4ClH.Fe/c1-2-6-3(4)5;;;;;/h2H2,1H3,(H3,4,5);4*1H;/q;;;;;+3/p-3. The van der Waals surface area contributed by atoms with Crippen molar-refractivity contribution < 1.29 is 14.6 Å². The van der Waals surface area contributed by atoms with Gasteiger partial charge in [0.2, 0.25) is 0 Å². The molecule has 0 aliphatic rings. The molecule has 0 amide bonds. The first-order chi connectivity index (χ1) is 4.77. The molecule has 0 atom stereocenters. The van der Waals surface area contributed by atoms with Crippen LogP contribution >= 0.6 is 52.2 Å². The van der Waals surface area contributed by atoms with Gasteiger partial charge in [0.05, 0.1) is 0 Å². The van der Waals surface area contributed by atoms with Crippen LogP contribution < -0.4 is 11.1 Å². The molecule has 0 aromatic heterocycles. The van der Waals surface area contributed by atoms with E-state index in [1.165, 1.54) is 11.8 Å². The fourth-order valence-electron chi connectivity index (χ4n) is 0.167. The molecule has 8 heteroatoms. The first kappa shape index (κ1) is 15.0. The van der Waals surface area contributed by atoms with Crippen LogP contribution in [0, 0.1) is 0 Å². The van der Waals surface area contributed by atoms with Crippen molar-refractivity contribution in [2.45, 2.75) is 6.92 Å². The van der Waals surface area contributed by atoms with E-state index in [1.807, 2.05) is 6.92 Å². The van der Waals surface area contributed by atoms with Crippen LogP contribution in [0.1, 0.15) is 6.92 Å². The van der Waals surface area contributed by atoms with E-state index in [0.717, 1.165) is 5.75 Å². The van der Waals surface area contributed by atoms with Gasteiger partial charge in [-0.15, -0.1) is 0 Å². The van der Waals surface area contributed by atoms with Crippen molar-refractivity contribution >= 4 is 57.3 Å². The molecule has 11 heavy (non-hydrogen) atoms. The summed E-state index contributed by atoms with van der Waals surface area (Å²) in [6, 6.07) is 0. The van der Waals surface area contributed by atoms with E-state index in [2.05, 4.69) is 0 Å². The molecule has 0 saturated heterocycles. The van der Waals surface area contributed by atoms with Gasteiger partial charge in [-0.05, 0) is 11.8 Å². The second-order valence-corrected chi connectivity index (χ2v) is 13.4. The number of thioether (sulfide) groups is 1. The Hall–Kier alpha value is 1.50. The summed E-state index contributed by atoms with van der Waals surface area (Å²) in [5, 5.41) is 5.52. The van der Waals surface area contributed by atoms with Gasteiger partial charge in [0.15, 0.2) is 0 Å². The van der Waals surface area contributed by atoms with Crippen LogP contribution in [0.3, 0.4) is 0 Å². The van der Waals surface area contributed by atoms with Crippen LogP contribution in [-0.4, -0.2) is 10.9 Å². The van der Waals surface area contributed by atoms with Gasteiger partial charge < -0.3 is 0 Å². The average molecular weight is 303 g/mol. The third-order valence-corrected chi connectivity index (χ3v) is 0.933. The molecule has 4 N–H and O–H groups in total. The Morgan fingerprint density at radius 1 is 1.45 bits per heavy atom. The predicted molar refractivity (Wildman–Crippen MR) is 52.7 cm³/mol. The summed E-state index contributed by atoms with van der Waals surface area (Å²) in [6.45, 7) is 2.00. The van der Waals surface area contributed by atoms with E-state index >= 15 is 0 Å². The first-order valence-electron chi connectivity index (χ1n) is 2.31. The molecule has 0 saturated carbocycles. The Balaban J connectivity index is 0. The third kappa shape index (κ3) is 51.3. The summed E-state index contributed by atoms with van der Waals surface area (Å²) in [6.07, 6.45) is 0. The summed E-state index contributed by atoms with van der Waals surface area (Å²) < 4.78 is 0. The van der Waals surface area contributed by atoms with Crippen LogP contribution in [0.2, 0.25) is 0 Å². The van der Waals surface area contributed by atoms with E-state index in [0.29, 0.717) is 5.17 Å². The fourth-order valence-corrected chi connectivity index (χ4v) is 0.500. The normalized spacial score (nSPS) is 11.4. The average Bonchev–Trinajstić information content (AvgIpc) is 1.58. The van der Waals surface area contributed by atoms with Crippen molar-refractivity contribution in [1.82, 2.24) is 0 Å². The molecular weight excluding hydrogens is 294 g/mol. The van der Waals surface area contributed by atoms with Gasteiger partial charge >= 0.3 is 49.6 Å². The van der Waals surface area contributed by atoms with Gasteiger partial charge in [-0.25, -0.2) is 0 Å². The molecule has 0 bridgehead atoms. The van der Waals surface area contributed by atoms with Crippen molar-refractivity contribution in [3.63, 3.8) is 0 Å². The van der Waals surface area contributed by atoms with Crippen LogP contribution in [0.25, 0.3) is 0 Å². The Kier molecular flexibility index (Phi) is 11.1. The second-order valence-electron chi connectivity index (χ2n) is 1.14. The van der Waals surface area contributed by atoms with E-state index in [9.17, 15) is 0 Å². The second kappa shape index (κ2) is 8.11. The minimum atomic E-state index is -2.61. The predicted octanol–water partition coefficient (Wildman–Crippen LogP) is 1.57. The van der Waals surface area contributed by atoms with Crippen molar-refractivity contribution in [3.8, 4) is 0 Å². The van der Waals surface area contributed by atoms with E-state index in [1.54, 1.807) is 0 Å². The Labute approximate surface area is 89.7 Å². The van der Waals surface area contributed by atoms with Crippen molar-refractivity contribution in [2.75, 3.05) is 5.75 Å². The zero-order valence-electron chi connectivity index (χ0n) is 5.64. The van der Waals surface area contributed by atoms with Gasteiger partial charge in [0.1, 0.15) is 0 Å². The van der Waals surface area contributed by atoms with Gasteiger partial charge in [0.25, 0.3) is 5.17 Å². The van der Waals surface area contributed by atoms with Gasteiger partial charge in [-0.3, -0.25) is 11.1 Å². The minimum absolute atomic E-state index is 0.456. The molecular formula is C3H9Cl4FeN2S. The number of halogens is 4. The summed E-state index contributed by atoms with van der Waals surface area (Å²) in [5.74, 6) is 0.961. The molecule has 0 aliphatic heterocycles. The Bertz CT molecular complexity index is 110. The van der Waals surface area contributed by atoms with E-state index in [4.69, 9.17) is 51.5 Å². The summed E-state index contributed by atoms with van der Waals surface area (Å²) in [5.41, 5.74) is 5.06. The SMILES string of the molecule is CCSC(N)=[NH2+].[Cl][Fe-]([Cl])([Cl])[Cl]. The zero-order valence-corrected chi connectivity index (χ0v) is 10.6. The molecule has 0 aliphatic carbocycles. The summed E-state index contributed by atoms with van der Waals surface area (Å²) >= 11 is 1.46. The van der Waals surface area contributed by atoms with Crippen molar-refractivity contribution in [2.24, 2.45) is 5.73 Å². The number of hydrogen-bond acceptors (Lipinski definition) is 1. The molecule has 2 nitrogen and oxygen atoms in total. The number of rotatable bonds is 1. The van der Waals surface area contributed by atoms with Gasteiger partial charge in [-0.2, -0.15) is 0 Å². The topological polar surface area (TPSA) is 51.6 Å². The number of hydrogen-bond donors (Lipinski definition) is 2. The molecule has 0 heterocycles.